The van der Waals surface area contributed by atoms with E-state index in [2.05, 4.69) is 0 Å². The van der Waals surface area contributed by atoms with E-state index in [1.807, 2.05) is 0 Å². The van der Waals surface area contributed by atoms with Crippen LogP contribution in [0.5, 0.6) is 0 Å². The Kier molecular flexibility index (Phi) is 3.28. The molecule has 110 valence electrons. The van der Waals surface area contributed by atoms with Crippen LogP contribution in [0.25, 0.3) is 0 Å². The number of nitrogens with zero attached hydrogens (tertiary/aromatic N) is 1. The molecule has 0 aromatic heterocycles. The first-order valence-corrected chi connectivity index (χ1v) is 7.20. The van der Waals surface area contributed by atoms with Gasteiger partial charge in [0, 0.05) is 31.6 Å². The molecular weight excluding hydrogens is 262 g/mol. The Labute approximate surface area is 117 Å². The van der Waals surface area contributed by atoms with Gasteiger partial charge >= 0.3 is 5.97 Å². The minimum Gasteiger partial charge on any atom is -0.481 e. The minimum atomic E-state index is -1.03. The van der Waals surface area contributed by atoms with E-state index >= 15 is 0 Å². The molecule has 0 radical (unpaired) electrons. The van der Waals surface area contributed by atoms with E-state index in [0.717, 1.165) is 12.8 Å². The fourth-order valence-electron chi connectivity index (χ4n) is 3.64. The van der Waals surface area contributed by atoms with Gasteiger partial charge in [-0.15, -0.1) is 0 Å². The maximum Gasteiger partial charge on any atom is 0.311 e. The summed E-state index contributed by atoms with van der Waals surface area (Å²) in [5, 5.41) is 9.53. The minimum absolute atomic E-state index is 0.0103. The summed E-state index contributed by atoms with van der Waals surface area (Å²) in [5.74, 6) is -1.43. The van der Waals surface area contributed by atoms with Gasteiger partial charge in [0.15, 0.2) is 0 Å². The van der Waals surface area contributed by atoms with Gasteiger partial charge in [0.1, 0.15) is 0 Å². The highest BCUT2D eigenvalue weighted by atomic mass is 16.5. The average molecular weight is 281 g/mol. The molecule has 2 aliphatic heterocycles. The third kappa shape index (κ3) is 2.02. The second kappa shape index (κ2) is 4.84. The molecular formula is C14H19NO5. The number of fused-ring (bicyclic) bond motifs is 2. The Morgan fingerprint density at radius 3 is 2.25 bits per heavy atom. The number of carbonyl (C=O) groups excluding carboxylic acids is 2. The lowest BCUT2D eigenvalue weighted by Gasteiger charge is -2.39. The van der Waals surface area contributed by atoms with Crippen molar-refractivity contribution in [3.8, 4) is 0 Å². The lowest BCUT2D eigenvalue weighted by Crippen LogP contribution is -2.54. The van der Waals surface area contributed by atoms with Crippen molar-refractivity contribution in [3.05, 3.63) is 0 Å². The zero-order chi connectivity index (χ0) is 14.3. The summed E-state index contributed by atoms with van der Waals surface area (Å²) >= 11 is 0. The largest absolute Gasteiger partial charge is 0.481 e. The summed E-state index contributed by atoms with van der Waals surface area (Å²) in [6.07, 6.45) is 2.88. The number of carbonyl (C=O) groups is 3. The zero-order valence-corrected chi connectivity index (χ0v) is 11.3. The third-order valence-electron chi connectivity index (χ3n) is 5.03. The molecule has 2 bridgehead atoms. The maximum atomic E-state index is 12.3. The Hall–Kier alpha value is -1.43. The van der Waals surface area contributed by atoms with Crippen molar-refractivity contribution >= 4 is 17.8 Å². The fraction of sp³-hybridized carbons (Fsp3) is 0.786. The molecule has 2 unspecified atom stereocenters. The zero-order valence-electron chi connectivity index (χ0n) is 11.3. The van der Waals surface area contributed by atoms with Crippen molar-refractivity contribution in [2.24, 2.45) is 17.3 Å². The first kappa shape index (κ1) is 13.5. The van der Waals surface area contributed by atoms with Gasteiger partial charge < -0.3 is 9.84 Å². The van der Waals surface area contributed by atoms with E-state index in [1.165, 1.54) is 4.90 Å². The maximum absolute atomic E-state index is 12.3. The topological polar surface area (TPSA) is 83.9 Å². The molecule has 2 atom stereocenters. The summed E-state index contributed by atoms with van der Waals surface area (Å²) in [6.45, 7) is 0.751. The fourth-order valence-corrected chi connectivity index (χ4v) is 3.64. The van der Waals surface area contributed by atoms with Crippen molar-refractivity contribution in [2.45, 2.75) is 32.1 Å². The molecule has 6 heteroatoms. The molecule has 20 heavy (non-hydrogen) atoms. The van der Waals surface area contributed by atoms with Gasteiger partial charge in [-0.1, -0.05) is 0 Å². The molecule has 2 heterocycles. The van der Waals surface area contributed by atoms with E-state index in [9.17, 15) is 19.5 Å². The van der Waals surface area contributed by atoms with Crippen LogP contribution in [0, 0.1) is 17.3 Å². The van der Waals surface area contributed by atoms with E-state index in [0.29, 0.717) is 32.5 Å². The lowest BCUT2D eigenvalue weighted by atomic mass is 9.79. The van der Waals surface area contributed by atoms with Crippen LogP contribution in [0.15, 0.2) is 0 Å². The third-order valence-corrected chi connectivity index (χ3v) is 5.03. The molecule has 0 spiro atoms. The predicted octanol–water partition coefficient (Wildman–Crippen LogP) is 0.653. The molecule has 3 aliphatic rings. The molecule has 1 saturated carbocycles. The second-order valence-electron chi connectivity index (χ2n) is 6.17. The van der Waals surface area contributed by atoms with Crippen molar-refractivity contribution in [1.82, 2.24) is 4.90 Å². The van der Waals surface area contributed by atoms with Crippen molar-refractivity contribution in [2.75, 3.05) is 19.8 Å². The number of hydrogen-bond donors (Lipinski definition) is 1. The standard InChI is InChI=1S/C14H19NO5/c16-11-9-1-2-10(7-9)12(17)15(11)8-14(13(18)19)3-5-20-6-4-14/h9-10H,1-8H2,(H,18,19). The van der Waals surface area contributed by atoms with Crippen LogP contribution in [-0.4, -0.2) is 47.5 Å². The average Bonchev–Trinajstić information content (AvgIpc) is 2.90. The number of ether oxygens (including phenoxy) is 1. The molecule has 0 aromatic carbocycles. The lowest BCUT2D eigenvalue weighted by molar-refractivity contribution is -0.164. The monoisotopic (exact) mass is 281 g/mol. The number of carboxylic acid groups (broad SMARTS) is 1. The van der Waals surface area contributed by atoms with Gasteiger partial charge in [-0.3, -0.25) is 19.3 Å². The van der Waals surface area contributed by atoms with Gasteiger partial charge in [0.25, 0.3) is 0 Å². The first-order valence-electron chi connectivity index (χ1n) is 7.20. The second-order valence-corrected chi connectivity index (χ2v) is 6.17. The van der Waals surface area contributed by atoms with E-state index < -0.39 is 11.4 Å². The molecule has 2 saturated heterocycles. The Morgan fingerprint density at radius 2 is 1.75 bits per heavy atom. The summed E-state index contributed by atoms with van der Waals surface area (Å²) in [7, 11) is 0. The Balaban J connectivity index is 1.83. The van der Waals surface area contributed by atoms with E-state index in [1.54, 1.807) is 0 Å². The van der Waals surface area contributed by atoms with E-state index in [4.69, 9.17) is 4.74 Å². The number of aliphatic carboxylic acids is 1. The first-order chi connectivity index (χ1) is 9.53. The van der Waals surface area contributed by atoms with Gasteiger partial charge in [-0.05, 0) is 32.1 Å². The molecule has 1 N–H and O–H groups in total. The van der Waals surface area contributed by atoms with Crippen LogP contribution in [0.2, 0.25) is 0 Å². The van der Waals surface area contributed by atoms with Crippen LogP contribution in [0.1, 0.15) is 32.1 Å². The van der Waals surface area contributed by atoms with Crippen molar-refractivity contribution in [1.29, 1.82) is 0 Å². The molecule has 6 nitrogen and oxygen atoms in total. The molecule has 1 aliphatic carbocycles. The van der Waals surface area contributed by atoms with Gasteiger partial charge in [0.2, 0.25) is 11.8 Å². The van der Waals surface area contributed by atoms with E-state index in [-0.39, 0.29) is 30.2 Å². The molecule has 0 aromatic rings. The van der Waals surface area contributed by atoms with Crippen molar-refractivity contribution in [3.63, 3.8) is 0 Å². The Morgan fingerprint density at radius 1 is 1.20 bits per heavy atom. The van der Waals surface area contributed by atoms with Gasteiger partial charge in [-0.2, -0.15) is 0 Å². The predicted molar refractivity (Wildman–Crippen MR) is 67.7 cm³/mol. The Bertz CT molecular complexity index is 432. The number of amides is 2. The molecule has 3 rings (SSSR count). The normalized spacial score (nSPS) is 32.5. The molecule has 3 fully saturated rings. The van der Waals surface area contributed by atoms with Gasteiger partial charge in [-0.25, -0.2) is 0 Å². The number of piperidine rings is 1. The van der Waals surface area contributed by atoms with Crippen LogP contribution in [0.3, 0.4) is 0 Å². The smallest absolute Gasteiger partial charge is 0.311 e. The highest BCUT2D eigenvalue weighted by molar-refractivity contribution is 6.01. The van der Waals surface area contributed by atoms with Crippen LogP contribution in [0.4, 0.5) is 0 Å². The summed E-state index contributed by atoms with van der Waals surface area (Å²) in [5.41, 5.74) is -1.03. The van der Waals surface area contributed by atoms with Crippen molar-refractivity contribution < 1.29 is 24.2 Å². The summed E-state index contributed by atoms with van der Waals surface area (Å²) < 4.78 is 5.22. The van der Waals surface area contributed by atoms with Crippen LogP contribution in [-0.2, 0) is 19.1 Å². The van der Waals surface area contributed by atoms with Gasteiger partial charge in [0.05, 0.1) is 5.41 Å². The molecule has 2 amide bonds. The number of imide groups is 1. The highest BCUT2D eigenvalue weighted by Crippen LogP contribution is 2.41. The number of hydrogen-bond acceptors (Lipinski definition) is 4. The van der Waals surface area contributed by atoms with Crippen LogP contribution >= 0.6 is 0 Å². The number of carboxylic acids is 1. The quantitative estimate of drug-likeness (QED) is 0.768. The SMILES string of the molecule is O=C1C2CCC(C2)C(=O)N1CC1(C(=O)O)CCOCC1. The summed E-state index contributed by atoms with van der Waals surface area (Å²) in [6, 6.07) is 0. The highest BCUT2D eigenvalue weighted by Gasteiger charge is 2.50. The summed E-state index contributed by atoms with van der Waals surface area (Å²) in [4.78, 5) is 37.5. The van der Waals surface area contributed by atoms with Crippen LogP contribution < -0.4 is 0 Å². The number of likely N-dealkylation sites (tertiary alicyclic amines) is 1. The number of rotatable bonds is 3.